The molecule has 1 aromatic rings. The molecule has 1 aliphatic rings. The Hall–Kier alpha value is -0.820. The highest BCUT2D eigenvalue weighted by molar-refractivity contribution is 5.35. The lowest BCUT2D eigenvalue weighted by Gasteiger charge is -2.08. The Bertz CT molecular complexity index is 326. The molecule has 0 unspecified atom stereocenters. The molecular formula is C14H21N. The van der Waals surface area contributed by atoms with Crippen molar-refractivity contribution in [3.05, 3.63) is 34.9 Å². The third-order valence-electron chi connectivity index (χ3n) is 3.11. The smallest absolute Gasteiger partial charge is 0.0205 e. The molecule has 0 radical (unpaired) electrons. The summed E-state index contributed by atoms with van der Waals surface area (Å²) in [5, 5.41) is 3.44. The number of hydrogen-bond acceptors (Lipinski definition) is 1. The van der Waals surface area contributed by atoms with Gasteiger partial charge in [0.1, 0.15) is 0 Å². The van der Waals surface area contributed by atoms with Gasteiger partial charge in [-0.1, -0.05) is 25.1 Å². The van der Waals surface area contributed by atoms with Gasteiger partial charge in [0, 0.05) is 6.54 Å². The highest BCUT2D eigenvalue weighted by Gasteiger charge is 2.24. The zero-order valence-corrected chi connectivity index (χ0v) is 9.84. The van der Waals surface area contributed by atoms with Gasteiger partial charge in [0.25, 0.3) is 0 Å². The van der Waals surface area contributed by atoms with Crippen molar-refractivity contribution in [2.75, 3.05) is 6.54 Å². The van der Waals surface area contributed by atoms with Gasteiger partial charge in [0.15, 0.2) is 0 Å². The van der Waals surface area contributed by atoms with Crippen molar-refractivity contribution < 1.29 is 0 Å². The van der Waals surface area contributed by atoms with Crippen molar-refractivity contribution >= 4 is 0 Å². The van der Waals surface area contributed by atoms with Crippen LogP contribution in [0.15, 0.2) is 18.2 Å². The average molecular weight is 203 g/mol. The summed E-state index contributed by atoms with van der Waals surface area (Å²) in [6, 6.07) is 6.95. The molecule has 0 spiro atoms. The Labute approximate surface area is 92.9 Å². The van der Waals surface area contributed by atoms with E-state index in [4.69, 9.17) is 0 Å². The molecule has 0 saturated heterocycles. The van der Waals surface area contributed by atoms with Gasteiger partial charge in [-0.05, 0) is 55.3 Å². The van der Waals surface area contributed by atoms with Crippen molar-refractivity contribution in [2.24, 2.45) is 0 Å². The van der Waals surface area contributed by atoms with Gasteiger partial charge >= 0.3 is 0 Å². The lowest BCUT2D eigenvalue weighted by molar-refractivity contribution is 0.675. The average Bonchev–Trinajstić information content (AvgIpc) is 3.02. The van der Waals surface area contributed by atoms with Crippen LogP contribution in [0.3, 0.4) is 0 Å². The molecule has 0 aromatic heterocycles. The van der Waals surface area contributed by atoms with Crippen molar-refractivity contribution in [1.29, 1.82) is 0 Å². The van der Waals surface area contributed by atoms with E-state index in [1.165, 1.54) is 30.4 Å². The summed E-state index contributed by atoms with van der Waals surface area (Å²) in [6.07, 6.45) is 4.00. The largest absolute Gasteiger partial charge is 0.313 e. The van der Waals surface area contributed by atoms with E-state index in [1.54, 1.807) is 5.56 Å². The minimum absolute atomic E-state index is 0.877. The molecule has 1 aromatic carbocycles. The minimum atomic E-state index is 0.877. The standard InChI is InChI=1S/C14H21N/c1-3-8-15-10-12-4-7-14(11(2)9-12)13-5-6-13/h4,7,9,13,15H,3,5-6,8,10H2,1-2H3. The second kappa shape index (κ2) is 4.80. The van der Waals surface area contributed by atoms with E-state index in [0.29, 0.717) is 0 Å². The minimum Gasteiger partial charge on any atom is -0.313 e. The topological polar surface area (TPSA) is 12.0 Å². The van der Waals surface area contributed by atoms with Gasteiger partial charge in [-0.3, -0.25) is 0 Å². The molecule has 1 heteroatoms. The molecule has 0 aliphatic heterocycles. The molecule has 82 valence electrons. The molecule has 1 aliphatic carbocycles. The Morgan fingerprint density at radius 3 is 2.73 bits per heavy atom. The fourth-order valence-electron chi connectivity index (χ4n) is 2.11. The third-order valence-corrected chi connectivity index (χ3v) is 3.11. The van der Waals surface area contributed by atoms with E-state index in [2.05, 4.69) is 37.4 Å². The molecule has 0 bridgehead atoms. The summed E-state index contributed by atoms with van der Waals surface area (Å²) in [7, 11) is 0. The number of benzene rings is 1. The third kappa shape index (κ3) is 2.82. The Morgan fingerprint density at radius 1 is 1.33 bits per heavy atom. The molecular weight excluding hydrogens is 182 g/mol. The monoisotopic (exact) mass is 203 g/mol. The molecule has 0 amide bonds. The van der Waals surface area contributed by atoms with Crippen LogP contribution in [-0.4, -0.2) is 6.54 Å². The van der Waals surface area contributed by atoms with Crippen LogP contribution in [0.1, 0.15) is 48.8 Å². The summed E-state index contributed by atoms with van der Waals surface area (Å²) >= 11 is 0. The van der Waals surface area contributed by atoms with Crippen LogP contribution in [0, 0.1) is 6.92 Å². The highest BCUT2D eigenvalue weighted by atomic mass is 14.8. The van der Waals surface area contributed by atoms with Gasteiger partial charge in [-0.25, -0.2) is 0 Å². The lowest BCUT2D eigenvalue weighted by Crippen LogP contribution is -2.13. The van der Waals surface area contributed by atoms with Crippen molar-refractivity contribution in [3.8, 4) is 0 Å². The van der Waals surface area contributed by atoms with E-state index in [-0.39, 0.29) is 0 Å². The molecule has 15 heavy (non-hydrogen) atoms. The first-order valence-electron chi connectivity index (χ1n) is 6.11. The zero-order chi connectivity index (χ0) is 10.7. The summed E-state index contributed by atoms with van der Waals surface area (Å²) in [6.45, 7) is 6.58. The second-order valence-electron chi connectivity index (χ2n) is 4.64. The van der Waals surface area contributed by atoms with Crippen LogP contribution in [0.25, 0.3) is 0 Å². The maximum Gasteiger partial charge on any atom is 0.0205 e. The Kier molecular flexibility index (Phi) is 3.42. The van der Waals surface area contributed by atoms with Gasteiger partial charge in [0.05, 0.1) is 0 Å². The van der Waals surface area contributed by atoms with Crippen molar-refractivity contribution in [2.45, 2.75) is 45.6 Å². The van der Waals surface area contributed by atoms with Crippen LogP contribution in [-0.2, 0) is 6.54 Å². The molecule has 1 N–H and O–H groups in total. The first kappa shape index (κ1) is 10.7. The predicted molar refractivity (Wildman–Crippen MR) is 65.2 cm³/mol. The van der Waals surface area contributed by atoms with Crippen LogP contribution in [0.4, 0.5) is 0 Å². The maximum atomic E-state index is 3.44. The van der Waals surface area contributed by atoms with Crippen LogP contribution in [0.2, 0.25) is 0 Å². The van der Waals surface area contributed by atoms with Crippen molar-refractivity contribution in [3.63, 3.8) is 0 Å². The normalized spacial score (nSPS) is 15.6. The highest BCUT2D eigenvalue weighted by Crippen LogP contribution is 2.41. The number of hydrogen-bond donors (Lipinski definition) is 1. The van der Waals surface area contributed by atoms with Crippen LogP contribution in [0.5, 0.6) is 0 Å². The zero-order valence-electron chi connectivity index (χ0n) is 9.84. The fraction of sp³-hybridized carbons (Fsp3) is 0.571. The number of aryl methyl sites for hydroxylation is 1. The van der Waals surface area contributed by atoms with E-state index in [9.17, 15) is 0 Å². The van der Waals surface area contributed by atoms with E-state index in [1.807, 2.05) is 0 Å². The van der Waals surface area contributed by atoms with Crippen molar-refractivity contribution in [1.82, 2.24) is 5.32 Å². The Morgan fingerprint density at radius 2 is 2.13 bits per heavy atom. The second-order valence-corrected chi connectivity index (χ2v) is 4.64. The molecule has 0 heterocycles. The fourth-order valence-corrected chi connectivity index (χ4v) is 2.11. The summed E-state index contributed by atoms with van der Waals surface area (Å²) in [5.74, 6) is 0.877. The summed E-state index contributed by atoms with van der Waals surface area (Å²) in [5.41, 5.74) is 4.48. The molecule has 1 fully saturated rings. The summed E-state index contributed by atoms with van der Waals surface area (Å²) < 4.78 is 0. The number of rotatable bonds is 5. The first-order chi connectivity index (χ1) is 7.31. The predicted octanol–water partition coefficient (Wildman–Crippen LogP) is 3.37. The van der Waals surface area contributed by atoms with Gasteiger partial charge < -0.3 is 5.32 Å². The molecule has 1 nitrogen and oxygen atoms in total. The quantitative estimate of drug-likeness (QED) is 0.723. The molecule has 1 saturated carbocycles. The van der Waals surface area contributed by atoms with Gasteiger partial charge in [-0.15, -0.1) is 0 Å². The van der Waals surface area contributed by atoms with E-state index < -0.39 is 0 Å². The lowest BCUT2D eigenvalue weighted by atomic mass is 10.0. The summed E-state index contributed by atoms with van der Waals surface area (Å²) in [4.78, 5) is 0. The van der Waals surface area contributed by atoms with Crippen LogP contribution < -0.4 is 5.32 Å². The SMILES string of the molecule is CCCNCc1ccc(C2CC2)c(C)c1. The maximum absolute atomic E-state index is 3.44. The van der Waals surface area contributed by atoms with E-state index in [0.717, 1.165) is 19.0 Å². The molecule has 0 atom stereocenters. The number of nitrogens with one attached hydrogen (secondary N) is 1. The Balaban J connectivity index is 1.98. The first-order valence-corrected chi connectivity index (χ1v) is 6.11. The van der Waals surface area contributed by atoms with E-state index >= 15 is 0 Å². The van der Waals surface area contributed by atoms with Gasteiger partial charge in [0.2, 0.25) is 0 Å². The van der Waals surface area contributed by atoms with Gasteiger partial charge in [-0.2, -0.15) is 0 Å². The van der Waals surface area contributed by atoms with Crippen LogP contribution >= 0.6 is 0 Å². The molecule has 2 rings (SSSR count).